The van der Waals surface area contributed by atoms with Gasteiger partial charge in [0.05, 0.1) is 10.8 Å². The van der Waals surface area contributed by atoms with Gasteiger partial charge in [-0.25, -0.2) is 12.8 Å². The minimum Gasteiger partial charge on any atom is -0.347 e. The van der Waals surface area contributed by atoms with Gasteiger partial charge in [-0.1, -0.05) is 32.0 Å². The largest absolute Gasteiger partial charge is 0.417 e. The summed E-state index contributed by atoms with van der Waals surface area (Å²) in [5, 5.41) is -0.826. The summed E-state index contributed by atoms with van der Waals surface area (Å²) in [5.41, 5.74) is -1.65. The number of rotatable bonds is 7. The Labute approximate surface area is 203 Å². The van der Waals surface area contributed by atoms with E-state index in [0.29, 0.717) is 6.07 Å². The van der Waals surface area contributed by atoms with Crippen molar-refractivity contribution in [1.29, 1.82) is 0 Å². The van der Waals surface area contributed by atoms with Crippen molar-refractivity contribution < 1.29 is 39.2 Å². The van der Waals surface area contributed by atoms with E-state index in [2.05, 4.69) is 0 Å². The molecule has 12 heteroatoms. The van der Waals surface area contributed by atoms with Crippen molar-refractivity contribution in [2.24, 2.45) is 5.92 Å². The SMILES string of the molecule is CC(C)Cn1cc(C(NS(=O)(=O)C2CC2)C(F)(F)F)c2ccc(-c3ccc(F)cc3C(F)(F)F)cc21. The lowest BCUT2D eigenvalue weighted by molar-refractivity contribution is -0.152. The van der Waals surface area contributed by atoms with Crippen LogP contribution in [0.1, 0.15) is 43.9 Å². The van der Waals surface area contributed by atoms with Crippen molar-refractivity contribution in [3.63, 3.8) is 0 Å². The Kier molecular flexibility index (Phi) is 6.66. The standard InChI is InChI=1S/C24H23F7N2O2S/c1-13(2)11-33-12-19(22(24(29,30)31)32-36(34,35)16-5-6-16)18-7-3-14(9-21(18)33)17-8-4-15(25)10-20(17)23(26,27)28/h3-4,7-10,12-13,16,22,32H,5-6,11H2,1-2H3. The van der Waals surface area contributed by atoms with Crippen LogP contribution < -0.4 is 4.72 Å². The third-order valence-electron chi connectivity index (χ3n) is 5.96. The van der Waals surface area contributed by atoms with E-state index in [4.69, 9.17) is 0 Å². The van der Waals surface area contributed by atoms with Crippen LogP contribution >= 0.6 is 0 Å². The summed E-state index contributed by atoms with van der Waals surface area (Å²) in [6, 6.07) is 3.46. The van der Waals surface area contributed by atoms with Crippen LogP contribution in [-0.4, -0.2) is 24.4 Å². The van der Waals surface area contributed by atoms with Crippen LogP contribution in [0.3, 0.4) is 0 Å². The van der Waals surface area contributed by atoms with E-state index in [9.17, 15) is 39.2 Å². The molecule has 1 saturated carbocycles. The molecule has 196 valence electrons. The minimum atomic E-state index is -4.96. The molecule has 4 nitrogen and oxygen atoms in total. The molecule has 0 radical (unpaired) electrons. The highest BCUT2D eigenvalue weighted by molar-refractivity contribution is 7.90. The Morgan fingerprint density at radius 2 is 1.69 bits per heavy atom. The van der Waals surface area contributed by atoms with E-state index in [-0.39, 0.29) is 52.9 Å². The topological polar surface area (TPSA) is 51.1 Å². The van der Waals surface area contributed by atoms with Gasteiger partial charge < -0.3 is 4.57 Å². The van der Waals surface area contributed by atoms with Gasteiger partial charge in [0.25, 0.3) is 0 Å². The first-order chi connectivity index (χ1) is 16.6. The molecule has 36 heavy (non-hydrogen) atoms. The number of hydrogen-bond donors (Lipinski definition) is 1. The molecule has 0 saturated heterocycles. The summed E-state index contributed by atoms with van der Waals surface area (Å²) in [4.78, 5) is 0. The first-order valence-corrected chi connectivity index (χ1v) is 12.7. The first kappa shape index (κ1) is 26.5. The van der Waals surface area contributed by atoms with Crippen molar-refractivity contribution in [1.82, 2.24) is 9.29 Å². The molecule has 0 spiro atoms. The highest BCUT2D eigenvalue weighted by atomic mass is 32.2. The van der Waals surface area contributed by atoms with Gasteiger partial charge in [-0.05, 0) is 48.1 Å². The van der Waals surface area contributed by atoms with Crippen LogP contribution in [0.5, 0.6) is 0 Å². The number of alkyl halides is 6. The summed E-state index contributed by atoms with van der Waals surface area (Å²) >= 11 is 0. The molecule has 1 aliphatic rings. The lowest BCUT2D eigenvalue weighted by atomic mass is 9.97. The fourth-order valence-electron chi connectivity index (χ4n) is 4.21. The van der Waals surface area contributed by atoms with E-state index < -0.39 is 45.0 Å². The predicted molar refractivity (Wildman–Crippen MR) is 121 cm³/mol. The molecule has 1 aliphatic carbocycles. The molecule has 1 atom stereocenters. The normalized spacial score (nSPS) is 16.2. The average Bonchev–Trinajstić information content (AvgIpc) is 3.55. The van der Waals surface area contributed by atoms with E-state index in [1.807, 2.05) is 13.8 Å². The highest BCUT2D eigenvalue weighted by Gasteiger charge is 2.47. The van der Waals surface area contributed by atoms with Crippen molar-refractivity contribution >= 4 is 20.9 Å². The number of hydrogen-bond acceptors (Lipinski definition) is 2. The smallest absolute Gasteiger partial charge is 0.347 e. The summed E-state index contributed by atoms with van der Waals surface area (Å²) in [7, 11) is -4.22. The second-order valence-electron chi connectivity index (χ2n) is 9.39. The lowest BCUT2D eigenvalue weighted by Gasteiger charge is -2.21. The third kappa shape index (κ3) is 5.39. The molecule has 1 fully saturated rings. The molecule has 3 aromatic rings. The van der Waals surface area contributed by atoms with Gasteiger partial charge in [0.2, 0.25) is 10.0 Å². The van der Waals surface area contributed by atoms with Crippen molar-refractivity contribution in [2.75, 3.05) is 0 Å². The van der Waals surface area contributed by atoms with Gasteiger partial charge in [-0.3, -0.25) is 0 Å². The fourth-order valence-corrected chi connectivity index (χ4v) is 5.75. The van der Waals surface area contributed by atoms with Crippen molar-refractivity contribution in [3.8, 4) is 11.1 Å². The van der Waals surface area contributed by atoms with E-state index in [1.165, 1.54) is 29.0 Å². The molecule has 1 aromatic heterocycles. The maximum Gasteiger partial charge on any atom is 0.417 e. The molecular weight excluding hydrogens is 513 g/mol. The Morgan fingerprint density at radius 1 is 1.03 bits per heavy atom. The van der Waals surface area contributed by atoms with Gasteiger partial charge in [0.15, 0.2) is 0 Å². The van der Waals surface area contributed by atoms with Crippen LogP contribution in [0.2, 0.25) is 0 Å². The second kappa shape index (κ2) is 9.05. The van der Waals surface area contributed by atoms with Crippen molar-refractivity contribution in [3.05, 3.63) is 59.5 Å². The number of halogens is 7. The molecule has 4 rings (SSSR count). The Bertz CT molecular complexity index is 1390. The van der Waals surface area contributed by atoms with Crippen LogP contribution in [-0.2, 0) is 22.7 Å². The monoisotopic (exact) mass is 536 g/mol. The number of nitrogens with zero attached hydrogens (tertiary/aromatic N) is 1. The Hall–Kier alpha value is -2.60. The molecule has 1 N–H and O–H groups in total. The summed E-state index contributed by atoms with van der Waals surface area (Å²) in [5.74, 6) is -1.12. The van der Waals surface area contributed by atoms with Gasteiger partial charge >= 0.3 is 12.4 Å². The van der Waals surface area contributed by atoms with E-state index in [0.717, 1.165) is 12.1 Å². The maximum absolute atomic E-state index is 14.1. The Balaban J connectivity index is 1.90. The summed E-state index contributed by atoms with van der Waals surface area (Å²) in [6.07, 6.45) is -8.08. The van der Waals surface area contributed by atoms with Crippen molar-refractivity contribution in [2.45, 2.75) is 56.9 Å². The van der Waals surface area contributed by atoms with Gasteiger partial charge in [-0.2, -0.15) is 31.1 Å². The maximum atomic E-state index is 14.1. The van der Waals surface area contributed by atoms with Gasteiger partial charge in [0, 0.05) is 29.2 Å². The lowest BCUT2D eigenvalue weighted by Crippen LogP contribution is -2.39. The summed E-state index contributed by atoms with van der Waals surface area (Å²) < 4.78 is 125. The van der Waals surface area contributed by atoms with E-state index in [1.54, 1.807) is 4.72 Å². The second-order valence-corrected chi connectivity index (χ2v) is 11.4. The molecule has 1 unspecified atom stereocenters. The zero-order valence-electron chi connectivity index (χ0n) is 19.2. The minimum absolute atomic E-state index is 0.0339. The van der Waals surface area contributed by atoms with E-state index >= 15 is 0 Å². The molecule has 0 amide bonds. The zero-order chi connectivity index (χ0) is 26.6. The predicted octanol–water partition coefficient (Wildman–Crippen LogP) is 6.81. The summed E-state index contributed by atoms with van der Waals surface area (Å²) in [6.45, 7) is 3.86. The Morgan fingerprint density at radius 3 is 2.25 bits per heavy atom. The third-order valence-corrected chi connectivity index (χ3v) is 7.87. The first-order valence-electron chi connectivity index (χ1n) is 11.2. The number of sulfonamides is 1. The van der Waals surface area contributed by atoms with Crippen LogP contribution in [0.25, 0.3) is 22.0 Å². The van der Waals surface area contributed by atoms with Crippen LogP contribution in [0, 0.1) is 11.7 Å². The number of fused-ring (bicyclic) bond motifs is 1. The molecule has 1 heterocycles. The van der Waals surface area contributed by atoms with Gasteiger partial charge in [-0.15, -0.1) is 0 Å². The highest BCUT2D eigenvalue weighted by Crippen LogP contribution is 2.42. The average molecular weight is 537 g/mol. The van der Waals surface area contributed by atoms with Crippen LogP contribution in [0.4, 0.5) is 30.7 Å². The van der Waals surface area contributed by atoms with Crippen LogP contribution in [0.15, 0.2) is 42.6 Å². The molecule has 0 aliphatic heterocycles. The number of nitrogens with one attached hydrogen (secondary N) is 1. The molecular formula is C24H23F7N2O2S. The molecule has 2 aromatic carbocycles. The fraction of sp³-hybridized carbons (Fsp3) is 0.417. The quantitative estimate of drug-likeness (QED) is 0.338. The van der Waals surface area contributed by atoms with Gasteiger partial charge in [0.1, 0.15) is 11.9 Å². The number of benzene rings is 2. The zero-order valence-corrected chi connectivity index (χ0v) is 20.0. The molecule has 0 bridgehead atoms. The number of aromatic nitrogens is 1.